The minimum atomic E-state index is -0.170. The second kappa shape index (κ2) is 7.73. The number of rotatable bonds is 4. The van der Waals surface area contributed by atoms with E-state index >= 15 is 0 Å². The highest BCUT2D eigenvalue weighted by molar-refractivity contribution is 7.13. The van der Waals surface area contributed by atoms with Crippen LogP contribution in [-0.4, -0.2) is 48.6 Å². The van der Waals surface area contributed by atoms with E-state index in [1.54, 1.807) is 11.3 Å². The third-order valence-corrected chi connectivity index (χ3v) is 8.24. The maximum Gasteiger partial charge on any atom is 0.338 e. The number of aromatic nitrogens is 1. The highest BCUT2D eigenvalue weighted by Crippen LogP contribution is 2.42. The maximum atomic E-state index is 11.7. The average molecular weight is 412 g/mol. The van der Waals surface area contributed by atoms with E-state index in [0.29, 0.717) is 12.0 Å². The zero-order valence-electron chi connectivity index (χ0n) is 17.2. The number of benzene rings is 1. The monoisotopic (exact) mass is 411 g/mol. The van der Waals surface area contributed by atoms with Crippen molar-refractivity contribution in [1.29, 1.82) is 0 Å². The standard InChI is InChI=1S/C23H29N3O2S/c1-17-18(2-3-19-20(17)16-28-21(19)27)4-10-25-11-5-23(6-12-25)7-13-26(14-8-23)22-24-9-15-29-22/h2-3,9,15H,4-8,10-14,16H2,1H3. The largest absolute Gasteiger partial charge is 0.457 e. The minimum absolute atomic E-state index is 0.170. The molecular weight excluding hydrogens is 382 g/mol. The predicted octanol–water partition coefficient (Wildman–Crippen LogP) is 4.05. The molecule has 5 rings (SSSR count). The molecule has 0 atom stereocenters. The number of anilines is 1. The van der Waals surface area contributed by atoms with Crippen LogP contribution >= 0.6 is 11.3 Å². The first-order chi connectivity index (χ1) is 14.1. The van der Waals surface area contributed by atoms with Gasteiger partial charge in [-0.25, -0.2) is 9.78 Å². The van der Waals surface area contributed by atoms with Gasteiger partial charge >= 0.3 is 5.97 Å². The topological polar surface area (TPSA) is 45.7 Å². The van der Waals surface area contributed by atoms with Gasteiger partial charge in [0.05, 0.1) is 5.56 Å². The van der Waals surface area contributed by atoms with E-state index in [2.05, 4.69) is 33.2 Å². The molecular formula is C23H29N3O2S. The number of ether oxygens (including phenoxy) is 1. The molecule has 5 nitrogen and oxygen atoms in total. The van der Waals surface area contributed by atoms with Gasteiger partial charge in [0.2, 0.25) is 0 Å². The van der Waals surface area contributed by atoms with Crippen LogP contribution in [0.1, 0.15) is 52.7 Å². The Morgan fingerprint density at radius 2 is 1.90 bits per heavy atom. The zero-order chi connectivity index (χ0) is 19.8. The van der Waals surface area contributed by atoms with Crippen molar-refractivity contribution in [2.45, 2.75) is 45.6 Å². The smallest absolute Gasteiger partial charge is 0.338 e. The molecule has 0 saturated carbocycles. The molecule has 3 aliphatic rings. The molecule has 154 valence electrons. The second-order valence-electron chi connectivity index (χ2n) is 8.85. The first kappa shape index (κ1) is 19.1. The van der Waals surface area contributed by atoms with E-state index in [0.717, 1.165) is 37.2 Å². The first-order valence-electron chi connectivity index (χ1n) is 10.8. The molecule has 2 fully saturated rings. The highest BCUT2D eigenvalue weighted by atomic mass is 32.1. The normalized spacial score (nSPS) is 21.4. The number of piperidine rings is 2. The molecule has 0 radical (unpaired) electrons. The predicted molar refractivity (Wildman–Crippen MR) is 116 cm³/mol. The number of likely N-dealkylation sites (tertiary alicyclic amines) is 1. The van der Waals surface area contributed by atoms with Crippen LogP contribution in [0.15, 0.2) is 23.7 Å². The lowest BCUT2D eigenvalue weighted by atomic mass is 9.71. The Kier molecular flexibility index (Phi) is 5.08. The maximum absolute atomic E-state index is 11.7. The molecule has 3 aliphatic heterocycles. The number of thiazole rings is 1. The molecule has 0 N–H and O–H groups in total. The molecule has 0 unspecified atom stereocenters. The lowest BCUT2D eigenvalue weighted by Crippen LogP contribution is -2.47. The Morgan fingerprint density at radius 1 is 1.14 bits per heavy atom. The van der Waals surface area contributed by atoms with Crippen molar-refractivity contribution in [3.05, 3.63) is 46.0 Å². The van der Waals surface area contributed by atoms with E-state index in [-0.39, 0.29) is 5.97 Å². The molecule has 0 bridgehead atoms. The molecule has 2 aromatic rings. The Morgan fingerprint density at radius 3 is 2.62 bits per heavy atom. The van der Waals surface area contributed by atoms with Gasteiger partial charge in [-0.15, -0.1) is 11.3 Å². The fourth-order valence-electron chi connectivity index (χ4n) is 5.24. The Hall–Kier alpha value is -1.92. The Bertz CT molecular complexity index is 878. The number of hydrogen-bond acceptors (Lipinski definition) is 6. The molecule has 2 saturated heterocycles. The summed E-state index contributed by atoms with van der Waals surface area (Å²) in [5.41, 5.74) is 5.01. The van der Waals surface area contributed by atoms with E-state index in [4.69, 9.17) is 4.74 Å². The summed E-state index contributed by atoms with van der Waals surface area (Å²) >= 11 is 1.76. The van der Waals surface area contributed by atoms with Crippen LogP contribution in [0.5, 0.6) is 0 Å². The Balaban J connectivity index is 1.13. The molecule has 1 aromatic heterocycles. The van der Waals surface area contributed by atoms with E-state index in [1.165, 1.54) is 55.0 Å². The van der Waals surface area contributed by atoms with Crippen LogP contribution in [0.25, 0.3) is 0 Å². The average Bonchev–Trinajstić information content (AvgIpc) is 3.40. The van der Waals surface area contributed by atoms with Gasteiger partial charge < -0.3 is 14.5 Å². The minimum Gasteiger partial charge on any atom is -0.457 e. The van der Waals surface area contributed by atoms with Crippen LogP contribution in [-0.2, 0) is 17.8 Å². The summed E-state index contributed by atoms with van der Waals surface area (Å²) in [5, 5.41) is 3.26. The van der Waals surface area contributed by atoms with Crippen molar-refractivity contribution in [3.8, 4) is 0 Å². The van der Waals surface area contributed by atoms with E-state index in [1.807, 2.05) is 12.3 Å². The van der Waals surface area contributed by atoms with Crippen LogP contribution in [0.2, 0.25) is 0 Å². The highest BCUT2D eigenvalue weighted by Gasteiger charge is 2.37. The fraction of sp³-hybridized carbons (Fsp3) is 0.565. The number of carbonyl (C=O) groups excluding carboxylic acids is 1. The molecule has 0 amide bonds. The summed E-state index contributed by atoms with van der Waals surface area (Å²) in [6.45, 7) is 8.42. The molecule has 1 aromatic carbocycles. The molecule has 0 aliphatic carbocycles. The van der Waals surface area contributed by atoms with Gasteiger partial charge in [-0.3, -0.25) is 0 Å². The number of fused-ring (bicyclic) bond motifs is 1. The quantitative estimate of drug-likeness (QED) is 0.711. The summed E-state index contributed by atoms with van der Waals surface area (Å²) < 4.78 is 5.19. The number of cyclic esters (lactones) is 1. The van der Waals surface area contributed by atoms with Crippen LogP contribution in [0.3, 0.4) is 0 Å². The lowest BCUT2D eigenvalue weighted by molar-refractivity contribution is 0.0535. The SMILES string of the molecule is Cc1c(CCN2CCC3(CC2)CCN(c2nccs2)CC3)ccc2c1COC2=O. The van der Waals surface area contributed by atoms with Crippen LogP contribution in [0.4, 0.5) is 5.13 Å². The molecule has 29 heavy (non-hydrogen) atoms. The second-order valence-corrected chi connectivity index (χ2v) is 9.72. The third-order valence-electron chi connectivity index (χ3n) is 7.41. The molecule has 6 heteroatoms. The number of carbonyl (C=O) groups is 1. The summed E-state index contributed by atoms with van der Waals surface area (Å²) in [6, 6.07) is 4.08. The van der Waals surface area contributed by atoms with Gasteiger partial charge in [0.1, 0.15) is 6.61 Å². The first-order valence-corrected chi connectivity index (χ1v) is 11.7. The van der Waals surface area contributed by atoms with Crippen molar-refractivity contribution >= 4 is 22.4 Å². The summed E-state index contributed by atoms with van der Waals surface area (Å²) in [7, 11) is 0. The lowest BCUT2D eigenvalue weighted by Gasteiger charge is -2.47. The van der Waals surface area contributed by atoms with Gasteiger partial charge in [-0.05, 0) is 74.7 Å². The van der Waals surface area contributed by atoms with Crippen LogP contribution < -0.4 is 4.90 Å². The number of esters is 1. The molecule has 4 heterocycles. The summed E-state index contributed by atoms with van der Waals surface area (Å²) in [4.78, 5) is 21.3. The van der Waals surface area contributed by atoms with Crippen LogP contribution in [0, 0.1) is 12.3 Å². The van der Waals surface area contributed by atoms with Crippen molar-refractivity contribution < 1.29 is 9.53 Å². The van der Waals surface area contributed by atoms with Crippen molar-refractivity contribution in [1.82, 2.24) is 9.88 Å². The zero-order valence-corrected chi connectivity index (χ0v) is 18.0. The number of nitrogens with zero attached hydrogens (tertiary/aromatic N) is 3. The van der Waals surface area contributed by atoms with Gasteiger partial charge in [-0.1, -0.05) is 6.07 Å². The van der Waals surface area contributed by atoms with Gasteiger partial charge in [0.15, 0.2) is 5.13 Å². The van der Waals surface area contributed by atoms with Gasteiger partial charge in [-0.2, -0.15) is 0 Å². The van der Waals surface area contributed by atoms with E-state index in [9.17, 15) is 4.79 Å². The Labute approximate surface area is 176 Å². The summed E-state index contributed by atoms with van der Waals surface area (Å²) in [5.74, 6) is -0.170. The summed E-state index contributed by atoms with van der Waals surface area (Å²) in [6.07, 6.45) is 8.22. The van der Waals surface area contributed by atoms with Crippen molar-refractivity contribution in [2.24, 2.45) is 5.41 Å². The molecule has 1 spiro atoms. The van der Waals surface area contributed by atoms with Crippen molar-refractivity contribution in [2.75, 3.05) is 37.6 Å². The van der Waals surface area contributed by atoms with Crippen molar-refractivity contribution in [3.63, 3.8) is 0 Å². The number of hydrogen-bond donors (Lipinski definition) is 0. The fourth-order valence-corrected chi connectivity index (χ4v) is 5.94. The van der Waals surface area contributed by atoms with E-state index < -0.39 is 0 Å². The third kappa shape index (κ3) is 3.68. The van der Waals surface area contributed by atoms with Gasteiger partial charge in [0, 0.05) is 36.8 Å². The van der Waals surface area contributed by atoms with Gasteiger partial charge in [0.25, 0.3) is 0 Å².